The number of benzene rings is 1. The van der Waals surface area contributed by atoms with Crippen LogP contribution in [0, 0.1) is 5.82 Å². The molecule has 5 nitrogen and oxygen atoms in total. The van der Waals surface area contributed by atoms with Crippen LogP contribution in [0.2, 0.25) is 0 Å². The maximum atomic E-state index is 13.0. The third-order valence-corrected chi connectivity index (χ3v) is 3.58. The van der Waals surface area contributed by atoms with Gasteiger partial charge in [0, 0.05) is 24.8 Å². The van der Waals surface area contributed by atoms with Crippen molar-refractivity contribution in [2.75, 3.05) is 20.7 Å². The molecule has 0 N–H and O–H groups in total. The number of halogens is 2. The number of carbonyl (C=O) groups excluding carboxylic acids is 1. The monoisotopic (exact) mass is 309 g/mol. The number of nitrogens with zero attached hydrogens (tertiary/aromatic N) is 1. The van der Waals surface area contributed by atoms with Gasteiger partial charge >= 0.3 is 0 Å². The Bertz CT molecular complexity index is 574. The Kier molecular flexibility index (Phi) is 5.13. The summed E-state index contributed by atoms with van der Waals surface area (Å²) in [6.07, 6.45) is 0.0755. The summed E-state index contributed by atoms with van der Waals surface area (Å²) >= 11 is 0. The van der Waals surface area contributed by atoms with Crippen LogP contribution in [0.3, 0.4) is 0 Å². The second-order valence-electron chi connectivity index (χ2n) is 3.92. The summed E-state index contributed by atoms with van der Waals surface area (Å²) in [5.41, 5.74) is 0. The smallest absolute Gasteiger partial charge is 0.265 e. The summed E-state index contributed by atoms with van der Waals surface area (Å²) in [5.74, 6) is -0.990. The minimum atomic E-state index is -4.11. The maximum Gasteiger partial charge on any atom is 0.265 e. The zero-order valence-electron chi connectivity index (χ0n) is 10.4. The standard InChI is InChI=1S/C11H13ClFNO4S/c1-14(2)11(15)5-6-18-9-4-3-8(13)7-10(9)19(12,16)17/h3-4,7H,5-6H2,1-2H3. The first-order valence-electron chi connectivity index (χ1n) is 5.29. The fourth-order valence-corrected chi connectivity index (χ4v) is 2.25. The lowest BCUT2D eigenvalue weighted by Gasteiger charge is -2.12. The fraction of sp³-hybridized carbons (Fsp3) is 0.364. The van der Waals surface area contributed by atoms with Gasteiger partial charge in [0.25, 0.3) is 9.05 Å². The average molecular weight is 310 g/mol. The summed E-state index contributed by atoms with van der Waals surface area (Å²) in [6.45, 7) is -0.0257. The fourth-order valence-electron chi connectivity index (χ4n) is 1.26. The van der Waals surface area contributed by atoms with Gasteiger partial charge in [-0.15, -0.1) is 0 Å². The molecule has 1 aromatic carbocycles. The molecule has 0 atom stereocenters. The Morgan fingerprint density at radius 2 is 2.05 bits per heavy atom. The summed E-state index contributed by atoms with van der Waals surface area (Å²) < 4.78 is 40.7. The van der Waals surface area contributed by atoms with Crippen LogP contribution in [0.15, 0.2) is 23.1 Å². The van der Waals surface area contributed by atoms with Gasteiger partial charge in [-0.2, -0.15) is 0 Å². The second-order valence-corrected chi connectivity index (χ2v) is 6.45. The first-order valence-corrected chi connectivity index (χ1v) is 7.60. The van der Waals surface area contributed by atoms with Crippen molar-refractivity contribution in [2.24, 2.45) is 0 Å². The van der Waals surface area contributed by atoms with Crippen molar-refractivity contribution in [2.45, 2.75) is 11.3 Å². The molecule has 19 heavy (non-hydrogen) atoms. The summed E-state index contributed by atoms with van der Waals surface area (Å²) in [7, 11) is 4.25. The zero-order chi connectivity index (χ0) is 14.6. The summed E-state index contributed by atoms with van der Waals surface area (Å²) in [4.78, 5) is 12.2. The lowest BCUT2D eigenvalue weighted by molar-refractivity contribution is -0.129. The van der Waals surface area contributed by atoms with Crippen LogP contribution in [-0.4, -0.2) is 39.9 Å². The second kappa shape index (κ2) is 6.21. The highest BCUT2D eigenvalue weighted by molar-refractivity contribution is 8.13. The van der Waals surface area contributed by atoms with Crippen LogP contribution < -0.4 is 4.74 Å². The van der Waals surface area contributed by atoms with E-state index in [0.29, 0.717) is 0 Å². The molecule has 1 rings (SSSR count). The Morgan fingerprint density at radius 1 is 1.42 bits per heavy atom. The quantitative estimate of drug-likeness (QED) is 0.775. The third kappa shape index (κ3) is 4.68. The number of amides is 1. The predicted octanol–water partition coefficient (Wildman–Crippen LogP) is 1.61. The molecule has 0 unspecified atom stereocenters. The minimum absolute atomic E-state index is 0.0257. The molecule has 106 valence electrons. The molecule has 0 aliphatic rings. The van der Waals surface area contributed by atoms with E-state index in [1.165, 1.54) is 4.90 Å². The molecule has 1 amide bonds. The molecule has 0 saturated heterocycles. The number of rotatable bonds is 5. The van der Waals surface area contributed by atoms with Crippen molar-refractivity contribution in [3.8, 4) is 5.75 Å². The molecule has 0 aliphatic heterocycles. The van der Waals surface area contributed by atoms with Gasteiger partial charge in [0.15, 0.2) is 0 Å². The van der Waals surface area contributed by atoms with E-state index in [1.807, 2.05) is 0 Å². The van der Waals surface area contributed by atoms with Gasteiger partial charge in [-0.25, -0.2) is 12.8 Å². The Balaban J connectivity index is 2.82. The van der Waals surface area contributed by atoms with Gasteiger partial charge in [0.2, 0.25) is 5.91 Å². The normalized spacial score (nSPS) is 11.2. The van der Waals surface area contributed by atoms with Crippen LogP contribution in [0.25, 0.3) is 0 Å². The minimum Gasteiger partial charge on any atom is -0.492 e. The van der Waals surface area contributed by atoms with E-state index >= 15 is 0 Å². The number of carbonyl (C=O) groups is 1. The van der Waals surface area contributed by atoms with Crippen molar-refractivity contribution in [3.63, 3.8) is 0 Å². The van der Waals surface area contributed by atoms with Crippen molar-refractivity contribution >= 4 is 25.6 Å². The Morgan fingerprint density at radius 3 is 2.58 bits per heavy atom. The number of hydrogen-bond acceptors (Lipinski definition) is 4. The van der Waals surface area contributed by atoms with Crippen LogP contribution in [-0.2, 0) is 13.8 Å². The Hall–Kier alpha value is -1.34. The van der Waals surface area contributed by atoms with E-state index in [2.05, 4.69) is 0 Å². The van der Waals surface area contributed by atoms with Gasteiger partial charge in [-0.1, -0.05) is 0 Å². The molecule has 0 saturated carbocycles. The molecule has 0 spiro atoms. The van der Waals surface area contributed by atoms with E-state index in [-0.39, 0.29) is 24.7 Å². The molecule has 1 aromatic rings. The van der Waals surface area contributed by atoms with E-state index < -0.39 is 19.8 Å². The van der Waals surface area contributed by atoms with Crippen LogP contribution in [0.4, 0.5) is 4.39 Å². The van der Waals surface area contributed by atoms with E-state index in [0.717, 1.165) is 18.2 Å². The van der Waals surface area contributed by atoms with Crippen molar-refractivity contribution in [1.82, 2.24) is 4.90 Å². The topological polar surface area (TPSA) is 63.7 Å². The largest absolute Gasteiger partial charge is 0.492 e. The van der Waals surface area contributed by atoms with Gasteiger partial charge in [0.05, 0.1) is 13.0 Å². The molecule has 8 heteroatoms. The van der Waals surface area contributed by atoms with E-state index in [4.69, 9.17) is 15.4 Å². The lowest BCUT2D eigenvalue weighted by Crippen LogP contribution is -2.23. The third-order valence-electron chi connectivity index (χ3n) is 2.24. The highest BCUT2D eigenvalue weighted by Gasteiger charge is 2.18. The first-order chi connectivity index (χ1) is 8.71. The van der Waals surface area contributed by atoms with Crippen LogP contribution >= 0.6 is 10.7 Å². The predicted molar refractivity (Wildman–Crippen MR) is 68.2 cm³/mol. The van der Waals surface area contributed by atoms with Gasteiger partial charge < -0.3 is 9.64 Å². The zero-order valence-corrected chi connectivity index (χ0v) is 12.0. The van der Waals surface area contributed by atoms with Crippen molar-refractivity contribution in [1.29, 1.82) is 0 Å². The van der Waals surface area contributed by atoms with Gasteiger partial charge in [-0.3, -0.25) is 4.79 Å². The van der Waals surface area contributed by atoms with Crippen LogP contribution in [0.1, 0.15) is 6.42 Å². The number of ether oxygens (including phenoxy) is 1. The van der Waals surface area contributed by atoms with Crippen molar-refractivity contribution in [3.05, 3.63) is 24.0 Å². The maximum absolute atomic E-state index is 13.0. The van der Waals surface area contributed by atoms with Gasteiger partial charge in [0.1, 0.15) is 16.5 Å². The van der Waals surface area contributed by atoms with Gasteiger partial charge in [-0.05, 0) is 18.2 Å². The molecule has 0 aromatic heterocycles. The van der Waals surface area contributed by atoms with E-state index in [9.17, 15) is 17.6 Å². The SMILES string of the molecule is CN(C)C(=O)CCOc1ccc(F)cc1S(=O)(=O)Cl. The summed E-state index contributed by atoms with van der Waals surface area (Å²) in [5, 5.41) is 0. The molecular formula is C11H13ClFNO4S. The molecule has 0 aliphatic carbocycles. The molecule has 0 heterocycles. The lowest BCUT2D eigenvalue weighted by atomic mass is 10.3. The highest BCUT2D eigenvalue weighted by Crippen LogP contribution is 2.27. The van der Waals surface area contributed by atoms with Crippen molar-refractivity contribution < 1.29 is 22.3 Å². The number of hydrogen-bond donors (Lipinski definition) is 0. The molecular weight excluding hydrogens is 297 g/mol. The van der Waals surface area contributed by atoms with Crippen LogP contribution in [0.5, 0.6) is 5.75 Å². The molecule has 0 bridgehead atoms. The highest BCUT2D eigenvalue weighted by atomic mass is 35.7. The Labute approximate surface area is 115 Å². The van der Waals surface area contributed by atoms with E-state index in [1.54, 1.807) is 14.1 Å². The molecule has 0 fully saturated rings. The molecule has 0 radical (unpaired) electrons. The average Bonchev–Trinajstić information content (AvgIpc) is 2.29. The summed E-state index contributed by atoms with van der Waals surface area (Å²) in [6, 6.07) is 2.98. The first kappa shape index (κ1) is 15.7.